The number of carboxylic acid groups (broad SMARTS) is 1. The van der Waals surface area contributed by atoms with Crippen molar-refractivity contribution in [3.8, 4) is 0 Å². The van der Waals surface area contributed by atoms with Crippen LogP contribution in [0.4, 0.5) is 0 Å². The SMILES string of the molecule is CC(C)(C)c1nc(C(=O)O)cs1. The Morgan fingerprint density at radius 3 is 2.42 bits per heavy atom. The molecule has 0 fully saturated rings. The molecule has 0 saturated carbocycles. The molecule has 0 amide bonds. The van der Waals surface area contributed by atoms with Crippen LogP contribution in [0.2, 0.25) is 0 Å². The zero-order valence-electron chi connectivity index (χ0n) is 7.29. The average Bonchev–Trinajstić information content (AvgIpc) is 2.30. The third kappa shape index (κ3) is 1.82. The molecule has 12 heavy (non-hydrogen) atoms. The summed E-state index contributed by atoms with van der Waals surface area (Å²) < 4.78 is 0. The molecule has 0 aliphatic carbocycles. The van der Waals surface area contributed by atoms with Gasteiger partial charge in [-0.3, -0.25) is 0 Å². The molecule has 0 spiro atoms. The summed E-state index contributed by atoms with van der Waals surface area (Å²) in [5, 5.41) is 11.0. The van der Waals surface area contributed by atoms with Crippen LogP contribution in [0.1, 0.15) is 36.3 Å². The van der Waals surface area contributed by atoms with Gasteiger partial charge in [0.1, 0.15) is 0 Å². The molecule has 0 aliphatic rings. The minimum atomic E-state index is -0.957. The monoisotopic (exact) mass is 185 g/mol. The van der Waals surface area contributed by atoms with E-state index >= 15 is 0 Å². The number of carbonyl (C=O) groups is 1. The van der Waals surface area contributed by atoms with E-state index in [1.54, 1.807) is 5.38 Å². The summed E-state index contributed by atoms with van der Waals surface area (Å²) in [6.45, 7) is 6.03. The Morgan fingerprint density at radius 2 is 2.17 bits per heavy atom. The summed E-state index contributed by atoms with van der Waals surface area (Å²) in [5.41, 5.74) is 0.0863. The van der Waals surface area contributed by atoms with E-state index in [4.69, 9.17) is 5.11 Å². The maximum Gasteiger partial charge on any atom is 0.355 e. The van der Waals surface area contributed by atoms with Gasteiger partial charge in [-0.25, -0.2) is 9.78 Å². The molecule has 0 aromatic carbocycles. The first-order chi connectivity index (χ1) is 5.41. The van der Waals surface area contributed by atoms with Crippen LogP contribution in [0.5, 0.6) is 0 Å². The molecule has 1 aromatic heterocycles. The van der Waals surface area contributed by atoms with Gasteiger partial charge in [-0.15, -0.1) is 11.3 Å². The molecule has 1 aromatic rings. The smallest absolute Gasteiger partial charge is 0.355 e. The number of thiazole rings is 1. The van der Waals surface area contributed by atoms with Gasteiger partial charge >= 0.3 is 5.97 Å². The summed E-state index contributed by atoms with van der Waals surface area (Å²) in [5.74, 6) is -0.957. The van der Waals surface area contributed by atoms with Crippen molar-refractivity contribution in [2.24, 2.45) is 0 Å². The highest BCUT2D eigenvalue weighted by Gasteiger charge is 2.19. The summed E-state index contributed by atoms with van der Waals surface area (Å²) in [4.78, 5) is 14.5. The van der Waals surface area contributed by atoms with Crippen LogP contribution in [-0.2, 0) is 5.41 Å². The van der Waals surface area contributed by atoms with E-state index in [0.717, 1.165) is 5.01 Å². The lowest BCUT2D eigenvalue weighted by Crippen LogP contribution is -2.11. The molecule has 0 radical (unpaired) electrons. The van der Waals surface area contributed by atoms with Gasteiger partial charge in [-0.2, -0.15) is 0 Å². The topological polar surface area (TPSA) is 50.2 Å². The predicted octanol–water partition coefficient (Wildman–Crippen LogP) is 2.14. The van der Waals surface area contributed by atoms with Gasteiger partial charge in [-0.1, -0.05) is 20.8 Å². The van der Waals surface area contributed by atoms with Crippen molar-refractivity contribution in [3.63, 3.8) is 0 Å². The zero-order valence-corrected chi connectivity index (χ0v) is 8.10. The molecule has 0 bridgehead atoms. The maximum atomic E-state index is 10.5. The third-order valence-electron chi connectivity index (χ3n) is 1.36. The van der Waals surface area contributed by atoms with Crippen LogP contribution >= 0.6 is 11.3 Å². The Labute approximate surface area is 75.1 Å². The fourth-order valence-corrected chi connectivity index (χ4v) is 1.60. The van der Waals surface area contributed by atoms with Gasteiger partial charge < -0.3 is 5.11 Å². The van der Waals surface area contributed by atoms with Crippen LogP contribution < -0.4 is 0 Å². The molecule has 0 saturated heterocycles. The van der Waals surface area contributed by atoms with Crippen LogP contribution in [0, 0.1) is 0 Å². The molecule has 4 heteroatoms. The van der Waals surface area contributed by atoms with Crippen molar-refractivity contribution in [2.75, 3.05) is 0 Å². The molecule has 0 aliphatic heterocycles. The van der Waals surface area contributed by atoms with Gasteiger partial charge in [0, 0.05) is 10.8 Å². The van der Waals surface area contributed by atoms with Crippen LogP contribution in [-0.4, -0.2) is 16.1 Å². The standard InChI is InChI=1S/C8H11NO2S/c1-8(2,3)7-9-5(4-12-7)6(10)11/h4H,1-3H3,(H,10,11). The third-order valence-corrected chi connectivity index (χ3v) is 2.63. The average molecular weight is 185 g/mol. The number of rotatable bonds is 1. The van der Waals surface area contributed by atoms with E-state index < -0.39 is 5.97 Å². The van der Waals surface area contributed by atoms with Crippen molar-refractivity contribution in [1.29, 1.82) is 0 Å². The fourth-order valence-electron chi connectivity index (χ4n) is 0.716. The highest BCUT2D eigenvalue weighted by molar-refractivity contribution is 7.10. The van der Waals surface area contributed by atoms with Gasteiger partial charge in [0.25, 0.3) is 0 Å². The summed E-state index contributed by atoms with van der Waals surface area (Å²) in [7, 11) is 0. The van der Waals surface area contributed by atoms with Crippen LogP contribution in [0.25, 0.3) is 0 Å². The fraction of sp³-hybridized carbons (Fsp3) is 0.500. The first-order valence-electron chi connectivity index (χ1n) is 3.60. The van der Waals surface area contributed by atoms with Gasteiger partial charge in [0.2, 0.25) is 0 Å². The van der Waals surface area contributed by atoms with Crippen LogP contribution in [0.15, 0.2) is 5.38 Å². The summed E-state index contributed by atoms with van der Waals surface area (Å²) in [6, 6.07) is 0. The molecule has 0 atom stereocenters. The Morgan fingerprint density at radius 1 is 1.58 bits per heavy atom. The van der Waals surface area contributed by atoms with E-state index in [1.807, 2.05) is 20.8 Å². The van der Waals surface area contributed by atoms with E-state index in [0.29, 0.717) is 0 Å². The quantitative estimate of drug-likeness (QED) is 0.729. The van der Waals surface area contributed by atoms with E-state index in [1.165, 1.54) is 11.3 Å². The Hall–Kier alpha value is -0.900. The first-order valence-corrected chi connectivity index (χ1v) is 4.48. The van der Waals surface area contributed by atoms with Crippen molar-refractivity contribution in [3.05, 3.63) is 16.1 Å². The molecule has 66 valence electrons. The van der Waals surface area contributed by atoms with E-state index in [-0.39, 0.29) is 11.1 Å². The normalized spacial score (nSPS) is 11.6. The highest BCUT2D eigenvalue weighted by Crippen LogP contribution is 2.25. The van der Waals surface area contributed by atoms with Gasteiger partial charge in [0.05, 0.1) is 5.01 Å². The molecule has 1 rings (SSSR count). The number of hydrogen-bond acceptors (Lipinski definition) is 3. The molecule has 0 unspecified atom stereocenters. The molecular weight excluding hydrogens is 174 g/mol. The zero-order chi connectivity index (χ0) is 9.35. The highest BCUT2D eigenvalue weighted by atomic mass is 32.1. The second-order valence-electron chi connectivity index (χ2n) is 3.59. The second-order valence-corrected chi connectivity index (χ2v) is 4.45. The largest absolute Gasteiger partial charge is 0.476 e. The van der Waals surface area contributed by atoms with Crippen molar-refractivity contribution in [2.45, 2.75) is 26.2 Å². The van der Waals surface area contributed by atoms with Crippen LogP contribution in [0.3, 0.4) is 0 Å². The Kier molecular flexibility index (Phi) is 2.19. The number of carboxylic acids is 1. The minimum absolute atomic E-state index is 0.0572. The second kappa shape index (κ2) is 2.86. The summed E-state index contributed by atoms with van der Waals surface area (Å²) >= 11 is 1.39. The first kappa shape index (κ1) is 9.19. The molecule has 1 N–H and O–H groups in total. The molecule has 1 heterocycles. The van der Waals surface area contributed by atoms with Crippen molar-refractivity contribution >= 4 is 17.3 Å². The minimum Gasteiger partial charge on any atom is -0.476 e. The lowest BCUT2D eigenvalue weighted by molar-refractivity contribution is 0.0691. The number of aromatic nitrogens is 1. The van der Waals surface area contributed by atoms with Crippen molar-refractivity contribution < 1.29 is 9.90 Å². The molecular formula is C8H11NO2S. The van der Waals surface area contributed by atoms with E-state index in [2.05, 4.69) is 4.98 Å². The van der Waals surface area contributed by atoms with Gasteiger partial charge in [0.15, 0.2) is 5.69 Å². The lowest BCUT2D eigenvalue weighted by atomic mass is 9.98. The lowest BCUT2D eigenvalue weighted by Gasteiger charge is -2.13. The van der Waals surface area contributed by atoms with E-state index in [9.17, 15) is 4.79 Å². The number of nitrogens with zero attached hydrogens (tertiary/aromatic N) is 1. The predicted molar refractivity (Wildman–Crippen MR) is 47.8 cm³/mol. The molecule has 3 nitrogen and oxygen atoms in total. The Balaban J connectivity index is 3.00. The maximum absolute atomic E-state index is 10.5. The van der Waals surface area contributed by atoms with Crippen molar-refractivity contribution in [1.82, 2.24) is 4.98 Å². The number of hydrogen-bond donors (Lipinski definition) is 1. The number of aromatic carboxylic acids is 1. The summed E-state index contributed by atoms with van der Waals surface area (Å²) in [6.07, 6.45) is 0. The van der Waals surface area contributed by atoms with Gasteiger partial charge in [-0.05, 0) is 0 Å². The Bertz CT molecular complexity index is 298.